The lowest BCUT2D eigenvalue weighted by Crippen LogP contribution is -2.27. The maximum absolute atomic E-state index is 12.9. The molecule has 0 unspecified atom stereocenters. The lowest BCUT2D eigenvalue weighted by molar-refractivity contribution is -0.116. The van der Waals surface area contributed by atoms with Crippen LogP contribution in [0.4, 0.5) is 5.88 Å². The first-order chi connectivity index (χ1) is 13.1. The van der Waals surface area contributed by atoms with Crippen LogP contribution >= 0.6 is 0 Å². The number of benzene rings is 1. The number of hydrogen-bond acceptors (Lipinski definition) is 7. The largest absolute Gasteiger partial charge is 0.496 e. The van der Waals surface area contributed by atoms with Crippen LogP contribution in [-0.2, 0) is 4.79 Å². The van der Waals surface area contributed by atoms with E-state index in [4.69, 9.17) is 18.7 Å². The van der Waals surface area contributed by atoms with E-state index in [1.807, 2.05) is 13.0 Å². The highest BCUT2D eigenvalue weighted by atomic mass is 16.5. The van der Waals surface area contributed by atoms with Gasteiger partial charge in [0.25, 0.3) is 0 Å². The van der Waals surface area contributed by atoms with Crippen LogP contribution in [0.1, 0.15) is 42.0 Å². The van der Waals surface area contributed by atoms with Gasteiger partial charge in [-0.2, -0.15) is 0 Å². The summed E-state index contributed by atoms with van der Waals surface area (Å²) in [5.41, 5.74) is 4.08. The van der Waals surface area contributed by atoms with Gasteiger partial charge < -0.3 is 24.1 Å². The Balaban J connectivity index is 1.99. The standard InChI is InChI=1S/C20H22N2O5/c1-10-17-18(11-8-15(25-3)16(26-4)9-14(11)24-2)19-12(6-5-7-13(19)23)21-20(17)27-22-10/h8-9,18,21H,5-7H2,1-4H3/t18-/m0/s1. The molecule has 0 amide bonds. The van der Waals surface area contributed by atoms with Crippen LogP contribution in [0, 0.1) is 6.92 Å². The van der Waals surface area contributed by atoms with E-state index in [0.717, 1.165) is 40.9 Å². The number of rotatable bonds is 4. The van der Waals surface area contributed by atoms with Gasteiger partial charge in [-0.05, 0) is 25.8 Å². The molecule has 2 heterocycles. The summed E-state index contributed by atoms with van der Waals surface area (Å²) >= 11 is 0. The Morgan fingerprint density at radius 3 is 2.48 bits per heavy atom. The number of carbonyl (C=O) groups excluding carboxylic acids is 1. The zero-order valence-corrected chi connectivity index (χ0v) is 15.8. The molecule has 7 heteroatoms. The molecule has 1 aromatic heterocycles. The summed E-state index contributed by atoms with van der Waals surface area (Å²) in [5, 5.41) is 7.39. The van der Waals surface area contributed by atoms with Crippen LogP contribution in [0.3, 0.4) is 0 Å². The number of aromatic nitrogens is 1. The Bertz CT molecular complexity index is 944. The van der Waals surface area contributed by atoms with Crippen LogP contribution in [0.15, 0.2) is 27.9 Å². The molecule has 1 aliphatic carbocycles. The van der Waals surface area contributed by atoms with Crippen molar-refractivity contribution < 1.29 is 23.5 Å². The van der Waals surface area contributed by atoms with E-state index in [9.17, 15) is 4.79 Å². The number of allylic oxidation sites excluding steroid dienone is 2. The second-order valence-electron chi connectivity index (χ2n) is 6.69. The van der Waals surface area contributed by atoms with Gasteiger partial charge >= 0.3 is 0 Å². The molecule has 2 aromatic rings. The van der Waals surface area contributed by atoms with Crippen molar-refractivity contribution in [2.45, 2.75) is 32.1 Å². The van der Waals surface area contributed by atoms with Gasteiger partial charge in [0.2, 0.25) is 5.88 Å². The molecule has 1 aromatic carbocycles. The minimum atomic E-state index is -0.329. The third-order valence-corrected chi connectivity index (χ3v) is 5.25. The predicted molar refractivity (Wildman–Crippen MR) is 98.7 cm³/mol. The summed E-state index contributed by atoms with van der Waals surface area (Å²) in [6, 6.07) is 3.66. The first-order valence-electron chi connectivity index (χ1n) is 8.88. The third kappa shape index (κ3) is 2.65. The van der Waals surface area contributed by atoms with Gasteiger partial charge in [0, 0.05) is 29.3 Å². The van der Waals surface area contributed by atoms with Gasteiger partial charge in [-0.15, -0.1) is 0 Å². The highest BCUT2D eigenvalue weighted by Crippen LogP contribution is 2.50. The number of Topliss-reactive ketones (excluding diaryl/α,β-unsaturated/α-hetero) is 1. The van der Waals surface area contributed by atoms with Gasteiger partial charge in [-0.3, -0.25) is 4.79 Å². The zero-order valence-electron chi connectivity index (χ0n) is 15.8. The van der Waals surface area contributed by atoms with Gasteiger partial charge in [0.05, 0.1) is 38.5 Å². The number of hydrogen-bond donors (Lipinski definition) is 1. The fraction of sp³-hybridized carbons (Fsp3) is 0.400. The Morgan fingerprint density at radius 1 is 1.07 bits per heavy atom. The second-order valence-corrected chi connectivity index (χ2v) is 6.69. The van der Waals surface area contributed by atoms with Crippen molar-refractivity contribution in [1.82, 2.24) is 5.16 Å². The summed E-state index contributed by atoms with van der Waals surface area (Å²) < 4.78 is 22.0. The SMILES string of the molecule is COc1cc(OC)c([C@@H]2C3=C(CCCC3=O)Nc3onc(C)c32)cc1OC. The van der Waals surface area contributed by atoms with E-state index in [-0.39, 0.29) is 11.7 Å². The molecule has 1 aliphatic heterocycles. The average Bonchev–Trinajstić information content (AvgIpc) is 3.06. The quantitative estimate of drug-likeness (QED) is 0.881. The monoisotopic (exact) mass is 370 g/mol. The molecule has 0 saturated heterocycles. The zero-order chi connectivity index (χ0) is 19.1. The Kier molecular flexibility index (Phi) is 4.30. The van der Waals surface area contributed by atoms with Crippen molar-refractivity contribution in [2.24, 2.45) is 0 Å². The van der Waals surface area contributed by atoms with E-state index in [1.165, 1.54) is 0 Å². The summed E-state index contributed by atoms with van der Waals surface area (Å²) in [7, 11) is 4.77. The van der Waals surface area contributed by atoms with E-state index in [2.05, 4.69) is 10.5 Å². The molecule has 0 fully saturated rings. The Morgan fingerprint density at radius 2 is 1.78 bits per heavy atom. The number of carbonyl (C=O) groups is 1. The summed E-state index contributed by atoms with van der Waals surface area (Å²) in [6.45, 7) is 1.88. The first kappa shape index (κ1) is 17.5. The molecule has 1 atom stereocenters. The maximum Gasteiger partial charge on any atom is 0.233 e. The number of nitrogens with zero attached hydrogens (tertiary/aromatic N) is 1. The third-order valence-electron chi connectivity index (χ3n) is 5.25. The molecule has 0 spiro atoms. The van der Waals surface area contributed by atoms with Crippen LogP contribution in [-0.4, -0.2) is 32.3 Å². The van der Waals surface area contributed by atoms with E-state index in [1.54, 1.807) is 27.4 Å². The molecular formula is C20H22N2O5. The molecular weight excluding hydrogens is 348 g/mol. The number of nitrogens with one attached hydrogen (secondary N) is 1. The van der Waals surface area contributed by atoms with Crippen LogP contribution in [0.25, 0.3) is 0 Å². The molecule has 142 valence electrons. The molecule has 4 rings (SSSR count). The van der Waals surface area contributed by atoms with Crippen LogP contribution in [0.5, 0.6) is 17.2 Å². The van der Waals surface area contributed by atoms with E-state index < -0.39 is 0 Å². The second kappa shape index (κ2) is 6.64. The van der Waals surface area contributed by atoms with Gasteiger partial charge in [-0.25, -0.2) is 0 Å². The maximum atomic E-state index is 12.9. The van der Waals surface area contributed by atoms with Crippen molar-refractivity contribution in [3.8, 4) is 17.2 Å². The average molecular weight is 370 g/mol. The van der Waals surface area contributed by atoms with Crippen molar-refractivity contribution in [3.63, 3.8) is 0 Å². The number of anilines is 1. The van der Waals surface area contributed by atoms with E-state index in [0.29, 0.717) is 29.6 Å². The highest BCUT2D eigenvalue weighted by molar-refractivity contribution is 6.01. The van der Waals surface area contributed by atoms with Crippen molar-refractivity contribution in [3.05, 3.63) is 40.2 Å². The Hall–Kier alpha value is -2.96. The fourth-order valence-corrected chi connectivity index (χ4v) is 4.01. The molecule has 2 aliphatic rings. The predicted octanol–water partition coefficient (Wildman–Crippen LogP) is 3.57. The molecule has 0 saturated carbocycles. The number of ether oxygens (including phenoxy) is 3. The van der Waals surface area contributed by atoms with Crippen molar-refractivity contribution in [1.29, 1.82) is 0 Å². The molecule has 0 bridgehead atoms. The number of fused-ring (bicyclic) bond motifs is 1. The fourth-order valence-electron chi connectivity index (χ4n) is 4.01. The minimum Gasteiger partial charge on any atom is -0.496 e. The minimum absolute atomic E-state index is 0.136. The summed E-state index contributed by atoms with van der Waals surface area (Å²) in [4.78, 5) is 12.9. The summed E-state index contributed by atoms with van der Waals surface area (Å²) in [6.07, 6.45) is 2.15. The molecule has 7 nitrogen and oxygen atoms in total. The van der Waals surface area contributed by atoms with Crippen LogP contribution in [0.2, 0.25) is 0 Å². The van der Waals surface area contributed by atoms with Gasteiger partial charge in [-0.1, -0.05) is 5.16 Å². The van der Waals surface area contributed by atoms with E-state index >= 15 is 0 Å². The topological polar surface area (TPSA) is 82.8 Å². The number of ketones is 1. The highest BCUT2D eigenvalue weighted by Gasteiger charge is 2.40. The first-order valence-corrected chi connectivity index (χ1v) is 8.88. The summed E-state index contributed by atoms with van der Waals surface area (Å²) in [5.74, 6) is 2.16. The lowest BCUT2D eigenvalue weighted by Gasteiger charge is -2.32. The molecule has 1 N–H and O–H groups in total. The van der Waals surface area contributed by atoms with Gasteiger partial charge in [0.15, 0.2) is 17.3 Å². The van der Waals surface area contributed by atoms with Crippen LogP contribution < -0.4 is 19.5 Å². The van der Waals surface area contributed by atoms with Gasteiger partial charge in [0.1, 0.15) is 5.75 Å². The number of methoxy groups -OCH3 is 3. The van der Waals surface area contributed by atoms with Crippen molar-refractivity contribution >= 4 is 11.7 Å². The molecule has 0 radical (unpaired) electrons. The Labute approximate surface area is 157 Å². The molecule has 27 heavy (non-hydrogen) atoms. The number of aryl methyl sites for hydroxylation is 1. The lowest BCUT2D eigenvalue weighted by atomic mass is 9.76. The van der Waals surface area contributed by atoms with Crippen molar-refractivity contribution in [2.75, 3.05) is 26.6 Å². The smallest absolute Gasteiger partial charge is 0.233 e. The normalized spacial score (nSPS) is 18.5.